The molecule has 1 aliphatic carbocycles. The molecule has 1 aromatic rings. The first-order chi connectivity index (χ1) is 9.43. The van der Waals surface area contributed by atoms with E-state index in [4.69, 9.17) is 9.47 Å². The van der Waals surface area contributed by atoms with Gasteiger partial charge in [-0.15, -0.1) is 0 Å². The molecule has 3 nitrogen and oxygen atoms in total. The summed E-state index contributed by atoms with van der Waals surface area (Å²) in [5.41, 5.74) is 2.93. The number of ether oxygens (including phenoxy) is 2. The van der Waals surface area contributed by atoms with Gasteiger partial charge in [0.15, 0.2) is 0 Å². The smallest absolute Gasteiger partial charge is 0.122 e. The quantitative estimate of drug-likeness (QED) is 0.902. The first kappa shape index (κ1) is 12.9. The van der Waals surface area contributed by atoms with Crippen LogP contribution in [0, 0.1) is 0 Å². The number of fused-ring (bicyclic) bond motifs is 1. The van der Waals surface area contributed by atoms with Crippen LogP contribution in [0.3, 0.4) is 0 Å². The van der Waals surface area contributed by atoms with Crippen molar-refractivity contribution < 1.29 is 9.47 Å². The lowest BCUT2D eigenvalue weighted by atomic mass is 9.91. The molecule has 1 atom stereocenters. The zero-order valence-corrected chi connectivity index (χ0v) is 11.5. The lowest BCUT2D eigenvalue weighted by Crippen LogP contribution is -2.39. The van der Waals surface area contributed by atoms with Gasteiger partial charge in [0.1, 0.15) is 5.75 Å². The molecular weight excluding hydrogens is 238 g/mol. The topological polar surface area (TPSA) is 30.5 Å². The Morgan fingerprint density at radius 2 is 2.21 bits per heavy atom. The summed E-state index contributed by atoms with van der Waals surface area (Å²) < 4.78 is 11.7. The van der Waals surface area contributed by atoms with Gasteiger partial charge in [0.2, 0.25) is 0 Å². The van der Waals surface area contributed by atoms with Crippen molar-refractivity contribution in [2.24, 2.45) is 0 Å². The molecule has 0 bridgehead atoms. The molecule has 1 fully saturated rings. The van der Waals surface area contributed by atoms with E-state index < -0.39 is 0 Å². The fourth-order valence-electron chi connectivity index (χ4n) is 2.99. The molecule has 1 saturated heterocycles. The van der Waals surface area contributed by atoms with Gasteiger partial charge in [-0.2, -0.15) is 0 Å². The van der Waals surface area contributed by atoms with Crippen LogP contribution in [-0.4, -0.2) is 32.4 Å². The van der Waals surface area contributed by atoms with E-state index in [2.05, 4.69) is 23.5 Å². The molecule has 0 spiro atoms. The van der Waals surface area contributed by atoms with Gasteiger partial charge in [-0.25, -0.2) is 0 Å². The zero-order valence-electron chi connectivity index (χ0n) is 11.5. The Hall–Kier alpha value is -1.06. The summed E-state index contributed by atoms with van der Waals surface area (Å²) in [6.07, 6.45) is 6.28. The Labute approximate surface area is 115 Å². The van der Waals surface area contributed by atoms with Crippen LogP contribution >= 0.6 is 0 Å². The minimum absolute atomic E-state index is 0.313. The maximum Gasteiger partial charge on any atom is 0.122 e. The maximum absolute atomic E-state index is 6.00. The van der Waals surface area contributed by atoms with Gasteiger partial charge < -0.3 is 14.8 Å². The maximum atomic E-state index is 6.00. The molecule has 0 radical (unpaired) electrons. The third-order valence-corrected chi connectivity index (χ3v) is 4.05. The minimum atomic E-state index is 0.313. The summed E-state index contributed by atoms with van der Waals surface area (Å²) >= 11 is 0. The first-order valence-electron chi connectivity index (χ1n) is 7.49. The van der Waals surface area contributed by atoms with Crippen LogP contribution in [0.25, 0.3) is 0 Å². The monoisotopic (exact) mass is 261 g/mol. The second-order valence-corrected chi connectivity index (χ2v) is 5.43. The average molecular weight is 261 g/mol. The van der Waals surface area contributed by atoms with Crippen molar-refractivity contribution >= 4 is 0 Å². The van der Waals surface area contributed by atoms with Crippen LogP contribution in [0.1, 0.15) is 30.4 Å². The number of benzene rings is 1. The van der Waals surface area contributed by atoms with Gasteiger partial charge in [0.25, 0.3) is 0 Å². The van der Waals surface area contributed by atoms with Crippen molar-refractivity contribution in [2.75, 3.05) is 26.3 Å². The fraction of sp³-hybridized carbons (Fsp3) is 0.625. The Morgan fingerprint density at radius 1 is 1.26 bits per heavy atom. The van der Waals surface area contributed by atoms with Crippen molar-refractivity contribution in [1.82, 2.24) is 5.32 Å². The molecule has 1 unspecified atom stereocenters. The largest absolute Gasteiger partial charge is 0.493 e. The predicted molar refractivity (Wildman–Crippen MR) is 75.8 cm³/mol. The lowest BCUT2D eigenvalue weighted by Gasteiger charge is -2.24. The van der Waals surface area contributed by atoms with Gasteiger partial charge in [0.05, 0.1) is 19.3 Å². The standard InChI is InChI=1S/C16H23NO2/c1-2-6-15-13(4-1)5-3-7-16(15)19-10-8-14-12-17-9-11-18-14/h3,5,7,14,17H,1-2,4,6,8-12H2. The SMILES string of the molecule is c1cc2c(c(OCCC3CNCCO3)c1)CCCC2. The van der Waals surface area contributed by atoms with Crippen LogP contribution < -0.4 is 10.1 Å². The molecule has 3 heteroatoms. The Balaban J connectivity index is 1.54. The van der Waals surface area contributed by atoms with Gasteiger partial charge in [-0.1, -0.05) is 12.1 Å². The molecule has 104 valence electrons. The summed E-state index contributed by atoms with van der Waals surface area (Å²) in [7, 11) is 0. The third kappa shape index (κ3) is 3.28. The number of morpholine rings is 1. The first-order valence-corrected chi connectivity index (χ1v) is 7.49. The number of hydrogen-bond acceptors (Lipinski definition) is 3. The number of nitrogens with one attached hydrogen (secondary N) is 1. The van der Waals surface area contributed by atoms with E-state index in [-0.39, 0.29) is 0 Å². The van der Waals surface area contributed by atoms with Crippen LogP contribution in [0.4, 0.5) is 0 Å². The Kier molecular flexibility index (Phi) is 4.36. The van der Waals surface area contributed by atoms with E-state index >= 15 is 0 Å². The summed E-state index contributed by atoms with van der Waals surface area (Å²) in [5.74, 6) is 1.10. The minimum Gasteiger partial charge on any atom is -0.493 e. The molecule has 1 N–H and O–H groups in total. The number of aryl methyl sites for hydroxylation is 1. The summed E-state index contributed by atoms with van der Waals surface area (Å²) in [6.45, 7) is 3.51. The lowest BCUT2D eigenvalue weighted by molar-refractivity contribution is 0.0158. The van der Waals surface area contributed by atoms with Crippen molar-refractivity contribution in [3.8, 4) is 5.75 Å². The zero-order chi connectivity index (χ0) is 12.9. The van der Waals surface area contributed by atoms with Gasteiger partial charge in [-0.3, -0.25) is 0 Å². The van der Waals surface area contributed by atoms with E-state index in [0.717, 1.165) is 38.5 Å². The molecule has 0 saturated carbocycles. The highest BCUT2D eigenvalue weighted by molar-refractivity contribution is 5.41. The van der Waals surface area contributed by atoms with E-state index in [1.54, 1.807) is 0 Å². The van der Waals surface area contributed by atoms with Gasteiger partial charge in [0, 0.05) is 19.5 Å². The average Bonchev–Trinajstić information content (AvgIpc) is 2.49. The summed E-state index contributed by atoms with van der Waals surface area (Å²) in [4.78, 5) is 0. The molecule has 1 heterocycles. The number of rotatable bonds is 4. The van der Waals surface area contributed by atoms with Crippen LogP contribution in [0.15, 0.2) is 18.2 Å². The highest BCUT2D eigenvalue weighted by atomic mass is 16.5. The highest BCUT2D eigenvalue weighted by Gasteiger charge is 2.16. The fourth-order valence-corrected chi connectivity index (χ4v) is 2.99. The molecule has 0 amide bonds. The summed E-state index contributed by atoms with van der Waals surface area (Å²) in [5, 5.41) is 3.35. The molecule has 1 aliphatic heterocycles. The molecular formula is C16H23NO2. The van der Waals surface area contributed by atoms with Gasteiger partial charge in [-0.05, 0) is 42.9 Å². The molecule has 19 heavy (non-hydrogen) atoms. The van der Waals surface area contributed by atoms with Crippen molar-refractivity contribution in [2.45, 2.75) is 38.2 Å². The molecule has 3 rings (SSSR count). The Morgan fingerprint density at radius 3 is 3.11 bits per heavy atom. The predicted octanol–water partition coefficient (Wildman–Crippen LogP) is 2.32. The molecule has 2 aliphatic rings. The second kappa shape index (κ2) is 6.40. The van der Waals surface area contributed by atoms with Gasteiger partial charge >= 0.3 is 0 Å². The highest BCUT2D eigenvalue weighted by Crippen LogP contribution is 2.29. The van der Waals surface area contributed by atoms with E-state index in [9.17, 15) is 0 Å². The van der Waals surface area contributed by atoms with Crippen LogP contribution in [-0.2, 0) is 17.6 Å². The van der Waals surface area contributed by atoms with Crippen LogP contribution in [0.5, 0.6) is 5.75 Å². The van der Waals surface area contributed by atoms with Crippen LogP contribution in [0.2, 0.25) is 0 Å². The Bertz CT molecular complexity index is 413. The molecule has 1 aromatic carbocycles. The van der Waals surface area contributed by atoms with E-state index in [1.165, 1.54) is 36.8 Å². The summed E-state index contributed by atoms with van der Waals surface area (Å²) in [6, 6.07) is 6.48. The van der Waals surface area contributed by atoms with Crippen molar-refractivity contribution in [1.29, 1.82) is 0 Å². The molecule has 0 aromatic heterocycles. The van der Waals surface area contributed by atoms with E-state index in [1.807, 2.05) is 0 Å². The van der Waals surface area contributed by atoms with Crippen molar-refractivity contribution in [3.63, 3.8) is 0 Å². The number of hydrogen-bond donors (Lipinski definition) is 1. The van der Waals surface area contributed by atoms with E-state index in [0.29, 0.717) is 6.10 Å². The second-order valence-electron chi connectivity index (χ2n) is 5.43. The third-order valence-electron chi connectivity index (χ3n) is 4.05. The normalized spacial score (nSPS) is 22.8. The van der Waals surface area contributed by atoms with Crippen molar-refractivity contribution in [3.05, 3.63) is 29.3 Å².